The van der Waals surface area contributed by atoms with Crippen LogP contribution in [0.15, 0.2) is 43.5 Å². The highest BCUT2D eigenvalue weighted by Gasteiger charge is 2.30. The summed E-state index contributed by atoms with van der Waals surface area (Å²) in [4.78, 5) is 15.5. The normalized spacial score (nSPS) is 15.6. The fraction of sp³-hybridized carbons (Fsp3) is 0.280. The summed E-state index contributed by atoms with van der Waals surface area (Å²) >= 11 is 0. The molecule has 6 heteroatoms. The van der Waals surface area contributed by atoms with Crippen molar-refractivity contribution >= 4 is 24.2 Å². The first-order valence-electron chi connectivity index (χ1n) is 10.2. The van der Waals surface area contributed by atoms with Crippen LogP contribution in [0.2, 0.25) is 0 Å². The van der Waals surface area contributed by atoms with Crippen molar-refractivity contribution in [2.75, 3.05) is 0 Å². The van der Waals surface area contributed by atoms with Gasteiger partial charge in [-0.05, 0) is 36.6 Å². The number of aliphatic hydroxyl groups is 2. The van der Waals surface area contributed by atoms with Gasteiger partial charge in [0, 0.05) is 29.0 Å². The zero-order valence-electron chi connectivity index (χ0n) is 17.2. The fourth-order valence-corrected chi connectivity index (χ4v) is 3.63. The van der Waals surface area contributed by atoms with E-state index in [1.165, 1.54) is 18.2 Å². The van der Waals surface area contributed by atoms with Gasteiger partial charge in [-0.3, -0.25) is 9.78 Å². The quantitative estimate of drug-likeness (QED) is 0.517. The van der Waals surface area contributed by atoms with Crippen molar-refractivity contribution in [3.05, 3.63) is 71.8 Å². The van der Waals surface area contributed by atoms with E-state index in [0.29, 0.717) is 5.69 Å². The molecule has 2 unspecified atom stereocenters. The molecule has 0 bridgehead atoms. The number of aliphatic hydroxyl groups excluding tert-OH is 2. The lowest BCUT2D eigenvalue weighted by molar-refractivity contribution is -0.139. The molecule has 162 valence electrons. The highest BCUT2D eigenvalue weighted by molar-refractivity contribution is 5.87. The highest BCUT2D eigenvalue weighted by atomic mass is 19.1. The molecule has 1 heterocycles. The number of benzene rings is 1. The van der Waals surface area contributed by atoms with Crippen molar-refractivity contribution in [3.63, 3.8) is 0 Å². The molecule has 0 radical (unpaired) electrons. The van der Waals surface area contributed by atoms with Crippen LogP contribution in [0.3, 0.4) is 0 Å². The number of carboxylic acid groups (broad SMARTS) is 1. The summed E-state index contributed by atoms with van der Waals surface area (Å²) in [5.41, 5.74) is 4.70. The van der Waals surface area contributed by atoms with Crippen molar-refractivity contribution in [2.45, 2.75) is 43.8 Å². The second-order valence-corrected chi connectivity index (χ2v) is 7.69. The van der Waals surface area contributed by atoms with Gasteiger partial charge in [0.25, 0.3) is 0 Å². The molecule has 5 nitrogen and oxygen atoms in total. The average molecular weight is 423 g/mol. The number of aliphatic carboxylic acids is 1. The second kappa shape index (κ2) is 9.81. The first kappa shape index (κ1) is 22.6. The molecule has 31 heavy (non-hydrogen) atoms. The van der Waals surface area contributed by atoms with Gasteiger partial charge in [-0.1, -0.05) is 43.5 Å². The summed E-state index contributed by atoms with van der Waals surface area (Å²) in [7, 11) is 0. The van der Waals surface area contributed by atoms with Crippen LogP contribution < -0.4 is 0 Å². The third-order valence-corrected chi connectivity index (χ3v) is 5.23. The second-order valence-electron chi connectivity index (χ2n) is 7.69. The topological polar surface area (TPSA) is 90.7 Å². The number of nitrogens with zero attached hydrogens (tertiary/aromatic N) is 1. The molecule has 1 aliphatic rings. The predicted octanol–water partition coefficient (Wildman–Crippen LogP) is 4.65. The monoisotopic (exact) mass is 423 g/mol. The molecule has 1 saturated carbocycles. The third kappa shape index (κ3) is 5.54. The summed E-state index contributed by atoms with van der Waals surface area (Å²) in [6.07, 6.45) is 5.91. The molecular formula is C25H26FNO4. The molecule has 1 fully saturated rings. The van der Waals surface area contributed by atoms with Gasteiger partial charge in [0.1, 0.15) is 5.82 Å². The van der Waals surface area contributed by atoms with Gasteiger partial charge in [-0.25, -0.2) is 4.39 Å². The van der Waals surface area contributed by atoms with Crippen LogP contribution in [0.25, 0.3) is 29.4 Å². The van der Waals surface area contributed by atoms with E-state index in [2.05, 4.69) is 13.2 Å². The lowest BCUT2D eigenvalue weighted by Crippen LogP contribution is -2.19. The summed E-state index contributed by atoms with van der Waals surface area (Å²) in [6.45, 7) is 7.78. The molecule has 2 aromatic rings. The van der Waals surface area contributed by atoms with Crippen molar-refractivity contribution in [3.8, 4) is 11.1 Å². The number of aromatic nitrogens is 1. The van der Waals surface area contributed by atoms with Crippen molar-refractivity contribution < 1.29 is 24.5 Å². The Hall–Kier alpha value is -3.09. The third-order valence-electron chi connectivity index (χ3n) is 5.23. The average Bonchev–Trinajstić information content (AvgIpc) is 3.56. The number of pyridine rings is 1. The molecule has 0 saturated heterocycles. The Bertz CT molecular complexity index is 1010. The number of carboxylic acids is 1. The lowest BCUT2D eigenvalue weighted by Gasteiger charge is -2.18. The van der Waals surface area contributed by atoms with Gasteiger partial charge >= 0.3 is 5.97 Å². The maximum absolute atomic E-state index is 13.6. The first-order chi connectivity index (χ1) is 14.8. The molecule has 1 aromatic heterocycles. The molecule has 0 amide bonds. The molecule has 3 rings (SSSR count). The minimum atomic E-state index is -1.15. The number of carbonyl (C=O) groups is 1. The Morgan fingerprint density at radius 3 is 2.39 bits per heavy atom. The predicted molar refractivity (Wildman–Crippen MR) is 120 cm³/mol. The summed E-state index contributed by atoms with van der Waals surface area (Å²) in [6, 6.07) is 6.15. The zero-order valence-corrected chi connectivity index (χ0v) is 17.2. The highest BCUT2D eigenvalue weighted by Crippen LogP contribution is 2.45. The van der Waals surface area contributed by atoms with Crippen LogP contribution in [-0.2, 0) is 4.79 Å². The Balaban J connectivity index is 2.08. The smallest absolute Gasteiger partial charge is 0.305 e. The van der Waals surface area contributed by atoms with E-state index in [-0.39, 0.29) is 18.2 Å². The van der Waals surface area contributed by atoms with Crippen LogP contribution in [-0.4, -0.2) is 38.5 Å². The van der Waals surface area contributed by atoms with Gasteiger partial charge in [-0.15, -0.1) is 0 Å². The van der Waals surface area contributed by atoms with E-state index >= 15 is 0 Å². The van der Waals surface area contributed by atoms with Gasteiger partial charge in [0.2, 0.25) is 0 Å². The molecule has 2 atom stereocenters. The molecule has 3 N–H and O–H groups in total. The van der Waals surface area contributed by atoms with E-state index in [0.717, 1.165) is 40.8 Å². The van der Waals surface area contributed by atoms with Crippen LogP contribution in [0.4, 0.5) is 4.39 Å². The fourth-order valence-electron chi connectivity index (χ4n) is 3.63. The number of rotatable bonds is 10. The first-order valence-corrected chi connectivity index (χ1v) is 10.2. The van der Waals surface area contributed by atoms with E-state index in [4.69, 9.17) is 10.1 Å². The minimum Gasteiger partial charge on any atom is -0.481 e. The Labute approximate surface area is 180 Å². The largest absolute Gasteiger partial charge is 0.481 e. The number of hydrogen-bond donors (Lipinski definition) is 3. The Morgan fingerprint density at radius 1 is 1.16 bits per heavy atom. The number of halogens is 1. The standard InChI is InChI=1S/C25H26FNO4/c1-3-20-22(4-2)27-25(16-5-6-16)21(24(20)15-7-9-17(26)10-8-15)12-11-18(28)13-19(29)14-23(30)31/h3-4,7-12,16,18-19,28-29H,1-2,5-6,13-14H2,(H,30,31). The van der Waals surface area contributed by atoms with E-state index in [1.807, 2.05) is 0 Å². The summed E-state index contributed by atoms with van der Waals surface area (Å²) in [5.74, 6) is -1.19. The zero-order chi connectivity index (χ0) is 22.5. The Morgan fingerprint density at radius 2 is 1.84 bits per heavy atom. The van der Waals surface area contributed by atoms with E-state index in [9.17, 15) is 19.4 Å². The molecule has 0 aliphatic heterocycles. The minimum absolute atomic E-state index is 0.0973. The lowest BCUT2D eigenvalue weighted by atomic mass is 9.90. The Kier molecular flexibility index (Phi) is 7.15. The van der Waals surface area contributed by atoms with Crippen molar-refractivity contribution in [1.29, 1.82) is 0 Å². The summed E-state index contributed by atoms with van der Waals surface area (Å²) in [5, 5.41) is 28.9. The van der Waals surface area contributed by atoms with Crippen molar-refractivity contribution in [1.82, 2.24) is 4.98 Å². The van der Waals surface area contributed by atoms with Crippen LogP contribution in [0.5, 0.6) is 0 Å². The van der Waals surface area contributed by atoms with Crippen LogP contribution >= 0.6 is 0 Å². The van der Waals surface area contributed by atoms with Gasteiger partial charge in [-0.2, -0.15) is 0 Å². The van der Waals surface area contributed by atoms with Crippen LogP contribution in [0.1, 0.15) is 54.1 Å². The van der Waals surface area contributed by atoms with Gasteiger partial charge in [0.15, 0.2) is 0 Å². The SMILES string of the molecule is C=Cc1nc(C2CC2)c(C=CC(O)CC(O)CC(=O)O)c(-c2ccc(F)cc2)c1C=C. The molecule has 1 aliphatic carbocycles. The van der Waals surface area contributed by atoms with E-state index in [1.54, 1.807) is 30.4 Å². The van der Waals surface area contributed by atoms with Gasteiger partial charge in [0.05, 0.1) is 30.0 Å². The van der Waals surface area contributed by atoms with Gasteiger partial charge < -0.3 is 15.3 Å². The summed E-state index contributed by atoms with van der Waals surface area (Å²) < 4.78 is 13.6. The van der Waals surface area contributed by atoms with E-state index < -0.39 is 24.6 Å². The molecule has 1 aromatic carbocycles. The van der Waals surface area contributed by atoms with Crippen LogP contribution in [0, 0.1) is 5.82 Å². The van der Waals surface area contributed by atoms with Crippen molar-refractivity contribution in [2.24, 2.45) is 0 Å². The molecule has 0 spiro atoms. The number of hydrogen-bond acceptors (Lipinski definition) is 4. The molecular weight excluding hydrogens is 397 g/mol. The maximum Gasteiger partial charge on any atom is 0.305 e. The maximum atomic E-state index is 13.6.